The number of pyridine rings is 1. The highest BCUT2D eigenvalue weighted by Crippen LogP contribution is 2.34. The third kappa shape index (κ3) is 6.48. The summed E-state index contributed by atoms with van der Waals surface area (Å²) in [6, 6.07) is 9.42. The molecule has 3 fully saturated rings. The fraction of sp³-hybridized carbons (Fsp3) is 0.481. The number of alkyl halides is 3. The molecule has 0 aliphatic carbocycles. The van der Waals surface area contributed by atoms with Crippen molar-refractivity contribution < 1.29 is 32.9 Å². The zero-order valence-corrected chi connectivity index (χ0v) is 24.4. The lowest BCUT2D eigenvalue weighted by atomic mass is 9.90. The van der Waals surface area contributed by atoms with Gasteiger partial charge in [-0.05, 0) is 42.5 Å². The van der Waals surface area contributed by atoms with Crippen LogP contribution < -0.4 is 20.7 Å². The highest BCUT2D eigenvalue weighted by molar-refractivity contribution is 6.36. The average molecular weight is 616 g/mol. The van der Waals surface area contributed by atoms with Gasteiger partial charge >= 0.3 is 11.9 Å². The Labute approximate surface area is 244 Å². The molecule has 9 nitrogen and oxygen atoms in total. The monoisotopic (exact) mass is 615 g/mol. The molecule has 3 aromatic rings. The lowest BCUT2D eigenvalue weighted by Crippen LogP contribution is -2.64. The number of carbonyl (C=O) groups is 2. The van der Waals surface area contributed by atoms with E-state index in [-0.39, 0.29) is 29.1 Å². The lowest BCUT2D eigenvalue weighted by molar-refractivity contribution is -0.344. The minimum atomic E-state index is -5.19. The van der Waals surface area contributed by atoms with Gasteiger partial charge in [-0.3, -0.25) is 14.3 Å². The summed E-state index contributed by atoms with van der Waals surface area (Å²) in [6.45, 7) is 8.41. The Bertz CT molecular complexity index is 1550. The number of fused-ring (bicyclic) bond motifs is 4. The van der Waals surface area contributed by atoms with Gasteiger partial charge in [-0.25, -0.2) is 14.3 Å². The zero-order valence-electron chi connectivity index (χ0n) is 22.9. The minimum absolute atomic E-state index is 0.00815. The van der Waals surface area contributed by atoms with E-state index in [1.807, 2.05) is 22.6 Å². The molecule has 6 rings (SSSR count). The van der Waals surface area contributed by atoms with Gasteiger partial charge in [-0.1, -0.05) is 44.0 Å². The van der Waals surface area contributed by atoms with Gasteiger partial charge in [0.25, 0.3) is 11.6 Å². The number of carbonyl (C=O) groups excluding carboxylic acids is 2. The van der Waals surface area contributed by atoms with Gasteiger partial charge in [0.15, 0.2) is 0 Å². The number of hydrogen-bond donors (Lipinski definition) is 0. The van der Waals surface area contributed by atoms with E-state index in [1.165, 1.54) is 0 Å². The third-order valence-electron chi connectivity index (χ3n) is 7.16. The molecule has 41 heavy (non-hydrogen) atoms. The van der Waals surface area contributed by atoms with Crippen LogP contribution in [-0.4, -0.2) is 57.3 Å². The highest BCUT2D eigenvalue weighted by Gasteiger charge is 2.44. The smallest absolute Gasteiger partial charge is 0.430 e. The summed E-state index contributed by atoms with van der Waals surface area (Å²) in [6.07, 6.45) is -3.22. The molecule has 0 saturated carbocycles. The van der Waals surface area contributed by atoms with Crippen LogP contribution in [-0.2, 0) is 18.4 Å². The average Bonchev–Trinajstić information content (AvgIpc) is 3.11. The van der Waals surface area contributed by atoms with Crippen molar-refractivity contribution in [2.75, 3.05) is 18.0 Å². The zero-order chi connectivity index (χ0) is 30.4. The maximum atomic E-state index is 13.3. The van der Waals surface area contributed by atoms with Crippen LogP contribution in [0.5, 0.6) is 0 Å². The number of imidazole rings is 1. The third-order valence-corrected chi connectivity index (χ3v) is 7.71. The SMILES string of the molecule is Cn1c(=O)n(CC(C)(C)C)c2ccc(N3CC4CCC3CN4C(=O)c3ccc(Cl)cc3Cl)[nH+]c21.O=C([O-])C(F)(F)F. The van der Waals surface area contributed by atoms with Crippen molar-refractivity contribution >= 4 is 52.1 Å². The summed E-state index contributed by atoms with van der Waals surface area (Å²) >= 11 is 12.3. The number of aryl methyl sites for hydroxylation is 1. The molecule has 1 amide bonds. The van der Waals surface area contributed by atoms with Crippen molar-refractivity contribution in [2.24, 2.45) is 12.5 Å². The van der Waals surface area contributed by atoms with Crippen LogP contribution in [0.25, 0.3) is 11.2 Å². The number of piperazine rings is 1. The first kappa shape index (κ1) is 30.7. The Kier molecular flexibility index (Phi) is 8.39. The molecule has 14 heteroatoms. The second kappa shape index (κ2) is 11.2. The number of hydrogen-bond acceptors (Lipinski definition) is 5. The van der Waals surface area contributed by atoms with Gasteiger partial charge in [-0.2, -0.15) is 13.2 Å². The summed E-state index contributed by atoms with van der Waals surface area (Å²) < 4.78 is 35.1. The highest BCUT2D eigenvalue weighted by atomic mass is 35.5. The molecule has 1 N–H and O–H groups in total. The summed E-state index contributed by atoms with van der Waals surface area (Å²) in [7, 11) is 1.81. The van der Waals surface area contributed by atoms with Gasteiger partial charge in [-0.15, -0.1) is 0 Å². The van der Waals surface area contributed by atoms with Crippen LogP contribution in [0.4, 0.5) is 19.0 Å². The number of amides is 1. The van der Waals surface area contributed by atoms with Crippen molar-refractivity contribution in [1.29, 1.82) is 0 Å². The predicted molar refractivity (Wildman–Crippen MR) is 146 cm³/mol. The molecular formula is C27H30Cl2F3N5O4. The van der Waals surface area contributed by atoms with Crippen molar-refractivity contribution in [2.45, 2.75) is 58.4 Å². The standard InChI is InChI=1S/C25H29Cl2N5O2.C2HF3O2/c1-25(2,3)14-32-20-9-10-21(28-22(20)29(4)24(32)34)30-12-17-7-6-16(30)13-31(17)23(33)18-8-5-15(26)11-19(18)27;3-2(4,5)1(6)7/h5,8-11,16-17H,6-7,12-14H2,1-4H3;(H,6,7). The van der Waals surface area contributed by atoms with Crippen LogP contribution in [0.3, 0.4) is 0 Å². The topological polar surface area (TPSA) is 105 Å². The number of carboxylic acids is 1. The van der Waals surface area contributed by atoms with Crippen molar-refractivity contribution in [3.8, 4) is 0 Å². The Balaban J connectivity index is 0.000000493. The van der Waals surface area contributed by atoms with Gasteiger partial charge in [0.2, 0.25) is 5.82 Å². The number of anilines is 1. The van der Waals surface area contributed by atoms with Crippen LogP contribution in [0.2, 0.25) is 10.0 Å². The molecule has 1 aromatic carbocycles. The Hall–Kier alpha value is -3.25. The molecule has 5 heterocycles. The fourth-order valence-corrected chi connectivity index (χ4v) is 5.79. The van der Waals surface area contributed by atoms with E-state index in [0.717, 1.165) is 36.4 Å². The predicted octanol–water partition coefficient (Wildman–Crippen LogP) is 3.30. The van der Waals surface area contributed by atoms with Crippen LogP contribution >= 0.6 is 23.2 Å². The number of halogens is 5. The second-order valence-corrected chi connectivity index (χ2v) is 12.3. The van der Waals surface area contributed by atoms with E-state index in [9.17, 15) is 22.8 Å². The molecular weight excluding hydrogens is 586 g/mol. The second-order valence-electron chi connectivity index (χ2n) is 11.5. The van der Waals surface area contributed by atoms with Crippen LogP contribution in [0.1, 0.15) is 44.0 Å². The van der Waals surface area contributed by atoms with Gasteiger partial charge < -0.3 is 14.8 Å². The van der Waals surface area contributed by atoms with Gasteiger partial charge in [0, 0.05) is 17.6 Å². The van der Waals surface area contributed by atoms with Gasteiger partial charge in [0.1, 0.15) is 11.5 Å². The Morgan fingerprint density at radius 1 is 1.05 bits per heavy atom. The summed E-state index contributed by atoms with van der Waals surface area (Å²) in [5, 5.41) is 9.69. The number of nitrogens with zero attached hydrogens (tertiary/aromatic N) is 4. The van der Waals surface area contributed by atoms with E-state index in [1.54, 1.807) is 22.8 Å². The number of nitrogens with one attached hydrogen (secondary N) is 1. The maximum Gasteiger partial charge on any atom is 0.430 e. The largest absolute Gasteiger partial charge is 0.542 e. The summed E-state index contributed by atoms with van der Waals surface area (Å²) in [4.78, 5) is 42.8. The Morgan fingerprint density at radius 3 is 2.22 bits per heavy atom. The van der Waals surface area contributed by atoms with E-state index < -0.39 is 12.1 Å². The molecule has 2 bridgehead atoms. The number of rotatable bonds is 3. The number of piperidine rings is 2. The van der Waals surface area contributed by atoms with Gasteiger partial charge in [0.05, 0.1) is 42.8 Å². The fourth-order valence-electron chi connectivity index (χ4n) is 5.30. The molecule has 0 radical (unpaired) electrons. The number of H-pyrrole nitrogens is 1. The Morgan fingerprint density at radius 2 is 1.68 bits per heavy atom. The quantitative estimate of drug-likeness (QED) is 0.450. The van der Waals surface area contributed by atoms with E-state index in [4.69, 9.17) is 33.1 Å². The number of aromatic amines is 1. The first-order chi connectivity index (χ1) is 19.0. The molecule has 3 saturated heterocycles. The van der Waals surface area contributed by atoms with Crippen molar-refractivity contribution in [1.82, 2.24) is 14.0 Å². The van der Waals surface area contributed by atoms with E-state index in [2.05, 4.69) is 36.7 Å². The summed E-state index contributed by atoms with van der Waals surface area (Å²) in [5.74, 6) is -2.08. The summed E-state index contributed by atoms with van der Waals surface area (Å²) in [5.41, 5.74) is 2.19. The van der Waals surface area contributed by atoms with E-state index >= 15 is 0 Å². The molecule has 0 spiro atoms. The minimum Gasteiger partial charge on any atom is -0.542 e. The molecule has 2 atom stereocenters. The molecule has 3 aliphatic heterocycles. The molecule has 3 aliphatic rings. The molecule has 222 valence electrons. The normalized spacial score (nSPS) is 18.9. The number of aromatic nitrogens is 3. The molecule has 2 aromatic heterocycles. The van der Waals surface area contributed by atoms with Crippen molar-refractivity contribution in [3.63, 3.8) is 0 Å². The van der Waals surface area contributed by atoms with Crippen LogP contribution in [0, 0.1) is 5.41 Å². The maximum absolute atomic E-state index is 13.3. The number of benzene rings is 1. The first-order valence-corrected chi connectivity index (χ1v) is 13.7. The van der Waals surface area contributed by atoms with Crippen molar-refractivity contribution in [3.05, 3.63) is 56.4 Å². The number of aliphatic carboxylic acids is 1. The molecule has 2 unspecified atom stereocenters. The van der Waals surface area contributed by atoms with E-state index in [0.29, 0.717) is 28.7 Å². The first-order valence-electron chi connectivity index (χ1n) is 12.9. The number of carboxylic acid groups (broad SMARTS) is 1. The lowest BCUT2D eigenvalue weighted by Gasteiger charge is -2.49. The van der Waals surface area contributed by atoms with Crippen LogP contribution in [0.15, 0.2) is 35.1 Å².